The van der Waals surface area contributed by atoms with E-state index in [-0.39, 0.29) is 6.04 Å². The Labute approximate surface area is 97.8 Å². The molecule has 0 aliphatic carbocycles. The van der Waals surface area contributed by atoms with Crippen LogP contribution in [0.1, 0.15) is 31.9 Å². The van der Waals surface area contributed by atoms with Gasteiger partial charge in [-0.05, 0) is 30.7 Å². The van der Waals surface area contributed by atoms with Crippen LogP contribution < -0.4 is 5.32 Å². The van der Waals surface area contributed by atoms with E-state index in [9.17, 15) is 8.42 Å². The molecule has 1 atom stereocenters. The molecule has 0 amide bonds. The van der Waals surface area contributed by atoms with Gasteiger partial charge in [0.15, 0.2) is 9.84 Å². The van der Waals surface area contributed by atoms with E-state index < -0.39 is 9.84 Å². The lowest BCUT2D eigenvalue weighted by molar-refractivity contribution is 0.536. The second-order valence-electron chi connectivity index (χ2n) is 3.86. The number of benzene rings is 1. The van der Waals surface area contributed by atoms with Gasteiger partial charge in [0.2, 0.25) is 0 Å². The van der Waals surface area contributed by atoms with Gasteiger partial charge in [-0.15, -0.1) is 0 Å². The fraction of sp³-hybridized carbons (Fsp3) is 0.500. The van der Waals surface area contributed by atoms with Gasteiger partial charge in [0.05, 0.1) is 4.90 Å². The van der Waals surface area contributed by atoms with E-state index in [4.69, 9.17) is 0 Å². The van der Waals surface area contributed by atoms with Gasteiger partial charge in [-0.25, -0.2) is 8.42 Å². The predicted molar refractivity (Wildman–Crippen MR) is 66.3 cm³/mol. The lowest BCUT2D eigenvalue weighted by Gasteiger charge is -2.16. The van der Waals surface area contributed by atoms with Crippen molar-refractivity contribution in [1.82, 2.24) is 5.32 Å². The van der Waals surface area contributed by atoms with Crippen molar-refractivity contribution in [1.29, 1.82) is 0 Å². The Bertz CT molecular complexity index is 440. The van der Waals surface area contributed by atoms with Crippen LogP contribution in [0.25, 0.3) is 0 Å². The summed E-state index contributed by atoms with van der Waals surface area (Å²) in [6, 6.07) is 7.38. The van der Waals surface area contributed by atoms with Crippen LogP contribution in [0.3, 0.4) is 0 Å². The third-order valence-electron chi connectivity index (χ3n) is 2.55. The molecule has 1 rings (SSSR count). The van der Waals surface area contributed by atoms with Gasteiger partial charge < -0.3 is 5.32 Å². The summed E-state index contributed by atoms with van der Waals surface area (Å²) in [7, 11) is -3.11. The third-order valence-corrected chi connectivity index (χ3v) is 3.66. The first-order valence-electron chi connectivity index (χ1n) is 5.52. The van der Waals surface area contributed by atoms with Crippen molar-refractivity contribution in [2.45, 2.75) is 31.2 Å². The number of rotatable bonds is 5. The molecule has 0 aliphatic heterocycles. The summed E-state index contributed by atoms with van der Waals surface area (Å²) in [5, 5.41) is 3.33. The van der Waals surface area contributed by atoms with Crippen LogP contribution in [0.5, 0.6) is 0 Å². The Balaban J connectivity index is 3.06. The Hall–Kier alpha value is -0.870. The average molecular weight is 241 g/mol. The molecule has 0 saturated carbocycles. The fourth-order valence-corrected chi connectivity index (χ4v) is 2.38. The molecule has 0 saturated heterocycles. The second kappa shape index (κ2) is 5.46. The highest BCUT2D eigenvalue weighted by molar-refractivity contribution is 7.90. The Morgan fingerprint density at radius 2 is 2.00 bits per heavy atom. The van der Waals surface area contributed by atoms with E-state index in [1.807, 2.05) is 13.0 Å². The predicted octanol–water partition coefficient (Wildman–Crippen LogP) is 2.15. The standard InChI is InChI=1S/C12H19NO2S/c1-4-12(13-5-2)10-7-6-8-11(9-10)16(3,14)15/h6-9,12-13H,4-5H2,1-3H3. The Kier molecular flexibility index (Phi) is 4.50. The first-order valence-corrected chi connectivity index (χ1v) is 7.41. The first kappa shape index (κ1) is 13.2. The van der Waals surface area contributed by atoms with E-state index >= 15 is 0 Å². The van der Waals surface area contributed by atoms with Crippen molar-refractivity contribution in [3.63, 3.8) is 0 Å². The quantitative estimate of drug-likeness (QED) is 0.859. The fourth-order valence-electron chi connectivity index (χ4n) is 1.71. The van der Waals surface area contributed by atoms with Crippen LogP contribution in [0.15, 0.2) is 29.2 Å². The number of sulfone groups is 1. The molecule has 90 valence electrons. The molecule has 1 N–H and O–H groups in total. The monoisotopic (exact) mass is 241 g/mol. The van der Waals surface area contributed by atoms with Crippen molar-refractivity contribution in [2.24, 2.45) is 0 Å². The molecule has 0 spiro atoms. The zero-order chi connectivity index (χ0) is 12.2. The van der Waals surface area contributed by atoms with Crippen LogP contribution in [0.2, 0.25) is 0 Å². The van der Waals surface area contributed by atoms with E-state index in [0.717, 1.165) is 18.5 Å². The minimum absolute atomic E-state index is 0.228. The van der Waals surface area contributed by atoms with Gasteiger partial charge in [-0.3, -0.25) is 0 Å². The highest BCUT2D eigenvalue weighted by Gasteiger charge is 2.12. The smallest absolute Gasteiger partial charge is 0.175 e. The van der Waals surface area contributed by atoms with Gasteiger partial charge in [-0.2, -0.15) is 0 Å². The highest BCUT2D eigenvalue weighted by Crippen LogP contribution is 2.19. The summed E-state index contributed by atoms with van der Waals surface area (Å²) in [6.45, 7) is 5.01. The number of nitrogens with one attached hydrogen (secondary N) is 1. The van der Waals surface area contributed by atoms with Crippen molar-refractivity contribution in [2.75, 3.05) is 12.8 Å². The molecule has 4 heteroatoms. The summed E-state index contributed by atoms with van der Waals surface area (Å²) in [6.07, 6.45) is 2.18. The maximum absolute atomic E-state index is 11.4. The summed E-state index contributed by atoms with van der Waals surface area (Å²) in [5.74, 6) is 0. The lowest BCUT2D eigenvalue weighted by Crippen LogP contribution is -2.20. The van der Waals surface area contributed by atoms with Crippen molar-refractivity contribution in [3.8, 4) is 0 Å². The summed E-state index contributed by atoms with van der Waals surface area (Å²) in [5.41, 5.74) is 1.03. The van der Waals surface area contributed by atoms with Crippen molar-refractivity contribution in [3.05, 3.63) is 29.8 Å². The summed E-state index contributed by atoms with van der Waals surface area (Å²) < 4.78 is 22.9. The minimum atomic E-state index is -3.11. The van der Waals surface area contributed by atoms with E-state index in [1.54, 1.807) is 18.2 Å². The zero-order valence-corrected chi connectivity index (χ0v) is 10.8. The maximum atomic E-state index is 11.4. The van der Waals surface area contributed by atoms with E-state index in [1.165, 1.54) is 6.26 Å². The molecule has 0 heterocycles. The minimum Gasteiger partial charge on any atom is -0.310 e. The van der Waals surface area contributed by atoms with Crippen LogP contribution in [-0.2, 0) is 9.84 Å². The molecule has 1 aromatic rings. The van der Waals surface area contributed by atoms with Gasteiger partial charge in [0.25, 0.3) is 0 Å². The van der Waals surface area contributed by atoms with E-state index in [0.29, 0.717) is 4.90 Å². The largest absolute Gasteiger partial charge is 0.310 e. The highest BCUT2D eigenvalue weighted by atomic mass is 32.2. The SMILES string of the molecule is CCNC(CC)c1cccc(S(C)(=O)=O)c1. The number of hydrogen-bond acceptors (Lipinski definition) is 3. The first-order chi connectivity index (χ1) is 7.49. The topological polar surface area (TPSA) is 46.2 Å². The number of hydrogen-bond donors (Lipinski definition) is 1. The molecule has 0 aromatic heterocycles. The molecule has 0 fully saturated rings. The molecule has 16 heavy (non-hydrogen) atoms. The summed E-state index contributed by atoms with van der Waals surface area (Å²) >= 11 is 0. The molecule has 1 unspecified atom stereocenters. The van der Waals surface area contributed by atoms with Crippen molar-refractivity contribution < 1.29 is 8.42 Å². The van der Waals surface area contributed by atoms with E-state index in [2.05, 4.69) is 12.2 Å². The van der Waals surface area contributed by atoms with Crippen LogP contribution >= 0.6 is 0 Å². The molecular weight excluding hydrogens is 222 g/mol. The molecule has 0 radical (unpaired) electrons. The van der Waals surface area contributed by atoms with Gasteiger partial charge in [0.1, 0.15) is 0 Å². The van der Waals surface area contributed by atoms with Crippen LogP contribution in [-0.4, -0.2) is 21.2 Å². The zero-order valence-electron chi connectivity index (χ0n) is 10.0. The van der Waals surface area contributed by atoms with Crippen LogP contribution in [0.4, 0.5) is 0 Å². The second-order valence-corrected chi connectivity index (χ2v) is 5.88. The van der Waals surface area contributed by atoms with Gasteiger partial charge in [-0.1, -0.05) is 26.0 Å². The van der Waals surface area contributed by atoms with Crippen LogP contribution in [0, 0.1) is 0 Å². The molecule has 0 bridgehead atoms. The van der Waals surface area contributed by atoms with Gasteiger partial charge in [0, 0.05) is 12.3 Å². The summed E-state index contributed by atoms with van der Waals surface area (Å²) in [4.78, 5) is 0.390. The molecular formula is C12H19NO2S. The Morgan fingerprint density at radius 1 is 1.31 bits per heavy atom. The lowest BCUT2D eigenvalue weighted by atomic mass is 10.0. The normalized spacial score (nSPS) is 13.7. The average Bonchev–Trinajstić information content (AvgIpc) is 2.25. The third kappa shape index (κ3) is 3.32. The molecule has 1 aromatic carbocycles. The maximum Gasteiger partial charge on any atom is 0.175 e. The molecule has 3 nitrogen and oxygen atoms in total. The Morgan fingerprint density at radius 3 is 2.50 bits per heavy atom. The van der Waals surface area contributed by atoms with Gasteiger partial charge >= 0.3 is 0 Å². The van der Waals surface area contributed by atoms with Crippen molar-refractivity contribution >= 4 is 9.84 Å². The molecule has 0 aliphatic rings.